The number of fused-ring (bicyclic) bond motifs is 1. The number of hydrogen-bond acceptors (Lipinski definition) is 3. The zero-order valence-electron chi connectivity index (χ0n) is 4.70. The molecular formula is C5H6N4. The highest BCUT2D eigenvalue weighted by atomic mass is 15.4. The second kappa shape index (κ2) is 1.51. The van der Waals surface area contributed by atoms with E-state index in [9.17, 15) is 0 Å². The quantitative estimate of drug-likeness (QED) is 0.518. The maximum atomic E-state index is 3.91. The van der Waals surface area contributed by atoms with E-state index >= 15 is 0 Å². The summed E-state index contributed by atoms with van der Waals surface area (Å²) >= 11 is 0. The molecule has 1 aromatic heterocycles. The summed E-state index contributed by atoms with van der Waals surface area (Å²) in [5.41, 5.74) is 5.74. The molecule has 9 heavy (non-hydrogen) atoms. The number of nitrogens with one attached hydrogen (secondary N) is 2. The fourth-order valence-electron chi connectivity index (χ4n) is 0.753. The van der Waals surface area contributed by atoms with Crippen molar-refractivity contribution in [3.63, 3.8) is 0 Å². The van der Waals surface area contributed by atoms with Crippen molar-refractivity contribution >= 4 is 12.0 Å². The van der Waals surface area contributed by atoms with Gasteiger partial charge in [0.05, 0.1) is 6.20 Å². The first-order valence-corrected chi connectivity index (χ1v) is 2.67. The van der Waals surface area contributed by atoms with Crippen LogP contribution < -0.4 is 10.9 Å². The molecule has 0 saturated carbocycles. The third kappa shape index (κ3) is 0.561. The summed E-state index contributed by atoms with van der Waals surface area (Å²) in [4.78, 5) is 3.91. The lowest BCUT2D eigenvalue weighted by Gasteiger charge is -2.10. The van der Waals surface area contributed by atoms with Crippen LogP contribution in [0, 0.1) is 0 Å². The van der Waals surface area contributed by atoms with Gasteiger partial charge in [-0.2, -0.15) is 0 Å². The Balaban J connectivity index is 2.53. The van der Waals surface area contributed by atoms with Gasteiger partial charge in [-0.1, -0.05) is 0 Å². The summed E-state index contributed by atoms with van der Waals surface area (Å²) in [5, 5.41) is 0. The average molecular weight is 122 g/mol. The van der Waals surface area contributed by atoms with E-state index in [4.69, 9.17) is 0 Å². The van der Waals surface area contributed by atoms with Crippen molar-refractivity contribution in [2.75, 3.05) is 5.43 Å². The van der Waals surface area contributed by atoms with Gasteiger partial charge in [0, 0.05) is 12.4 Å². The normalized spacial score (nSPS) is 13.8. The highest BCUT2D eigenvalue weighted by Gasteiger charge is 1.98. The van der Waals surface area contributed by atoms with Crippen LogP contribution in [0.15, 0.2) is 18.7 Å². The molecule has 0 unspecified atom stereocenters. The molecule has 4 heteroatoms. The first-order valence-electron chi connectivity index (χ1n) is 2.67. The molecule has 0 saturated heterocycles. The molecule has 0 spiro atoms. The van der Waals surface area contributed by atoms with Crippen LogP contribution in [0.5, 0.6) is 0 Å². The summed E-state index contributed by atoms with van der Waals surface area (Å²) in [6.07, 6.45) is 7.17. The molecule has 0 aliphatic carbocycles. The monoisotopic (exact) mass is 122 g/mol. The van der Waals surface area contributed by atoms with E-state index in [0.717, 1.165) is 5.82 Å². The van der Waals surface area contributed by atoms with Gasteiger partial charge in [0.15, 0.2) is 0 Å². The summed E-state index contributed by atoms with van der Waals surface area (Å²) in [6, 6.07) is 0. The Bertz CT molecular complexity index is 237. The maximum Gasteiger partial charge on any atom is 0.148 e. The van der Waals surface area contributed by atoms with Gasteiger partial charge in [-0.05, 0) is 0 Å². The van der Waals surface area contributed by atoms with Crippen molar-refractivity contribution in [1.29, 1.82) is 0 Å². The van der Waals surface area contributed by atoms with Gasteiger partial charge in [-0.3, -0.25) is 9.99 Å². The van der Waals surface area contributed by atoms with Gasteiger partial charge in [0.2, 0.25) is 0 Å². The van der Waals surface area contributed by atoms with Gasteiger partial charge in [0.1, 0.15) is 12.1 Å². The second-order valence-electron chi connectivity index (χ2n) is 1.77. The standard InChI is InChI=1S/C5H6N4/c1-2-9-4-6-3-5(9)8-7-1/h1-4,7-8H. The van der Waals surface area contributed by atoms with Crippen molar-refractivity contribution < 1.29 is 0 Å². The number of aromatic nitrogens is 2. The lowest BCUT2D eigenvalue weighted by molar-refractivity contribution is 0.964. The number of rotatable bonds is 0. The van der Waals surface area contributed by atoms with Gasteiger partial charge in [0.25, 0.3) is 0 Å². The van der Waals surface area contributed by atoms with E-state index in [0.29, 0.717) is 0 Å². The molecule has 2 N–H and O–H groups in total. The lowest BCUT2D eigenvalue weighted by Crippen LogP contribution is -2.19. The summed E-state index contributed by atoms with van der Waals surface area (Å²) in [7, 11) is 0. The third-order valence-corrected chi connectivity index (χ3v) is 1.18. The topological polar surface area (TPSA) is 41.9 Å². The van der Waals surface area contributed by atoms with Crippen LogP contribution in [0.1, 0.15) is 0 Å². The van der Waals surface area contributed by atoms with Gasteiger partial charge in [-0.15, -0.1) is 0 Å². The summed E-state index contributed by atoms with van der Waals surface area (Å²) in [5.74, 6) is 0.956. The number of anilines is 1. The fraction of sp³-hybridized carbons (Fsp3) is 0. The van der Waals surface area contributed by atoms with Crippen LogP contribution >= 0.6 is 0 Å². The van der Waals surface area contributed by atoms with E-state index in [1.54, 1.807) is 18.7 Å². The lowest BCUT2D eigenvalue weighted by atomic mass is 10.7. The molecule has 46 valence electrons. The summed E-state index contributed by atoms with van der Waals surface area (Å²) in [6.45, 7) is 0. The van der Waals surface area contributed by atoms with Crippen LogP contribution in [0.2, 0.25) is 0 Å². The first-order chi connectivity index (χ1) is 4.47. The van der Waals surface area contributed by atoms with E-state index in [1.165, 1.54) is 0 Å². The largest absolute Gasteiger partial charge is 0.305 e. The van der Waals surface area contributed by atoms with Crippen LogP contribution in [-0.2, 0) is 0 Å². The smallest absolute Gasteiger partial charge is 0.148 e. The zero-order valence-corrected chi connectivity index (χ0v) is 4.70. The van der Waals surface area contributed by atoms with Crippen molar-refractivity contribution in [3.05, 3.63) is 18.7 Å². The van der Waals surface area contributed by atoms with E-state index in [2.05, 4.69) is 15.8 Å². The number of nitrogens with zero attached hydrogens (tertiary/aromatic N) is 2. The maximum absolute atomic E-state index is 3.91. The van der Waals surface area contributed by atoms with Crippen LogP contribution in [0.4, 0.5) is 5.82 Å². The molecule has 0 atom stereocenters. The second-order valence-corrected chi connectivity index (χ2v) is 1.77. The minimum absolute atomic E-state index is 0.956. The van der Waals surface area contributed by atoms with Crippen molar-refractivity contribution in [2.45, 2.75) is 0 Å². The molecule has 0 radical (unpaired) electrons. The SMILES string of the molecule is C1=Cn2cncc2NN1. The first kappa shape index (κ1) is 4.43. The average Bonchev–Trinajstić information content (AvgIpc) is 2.33. The minimum Gasteiger partial charge on any atom is -0.305 e. The number of imidazole rings is 1. The molecule has 0 aromatic carbocycles. The van der Waals surface area contributed by atoms with Crippen LogP contribution in [0.25, 0.3) is 6.20 Å². The van der Waals surface area contributed by atoms with E-state index < -0.39 is 0 Å². The number of hydrazine groups is 1. The van der Waals surface area contributed by atoms with Crippen molar-refractivity contribution in [1.82, 2.24) is 15.0 Å². The molecule has 1 aliphatic rings. The molecular weight excluding hydrogens is 116 g/mol. The van der Waals surface area contributed by atoms with Crippen molar-refractivity contribution in [2.24, 2.45) is 0 Å². The van der Waals surface area contributed by atoms with Gasteiger partial charge >= 0.3 is 0 Å². The molecule has 1 aliphatic heterocycles. The Morgan fingerprint density at radius 3 is 3.44 bits per heavy atom. The molecule has 0 bridgehead atoms. The third-order valence-electron chi connectivity index (χ3n) is 1.18. The Morgan fingerprint density at radius 1 is 1.56 bits per heavy atom. The Labute approximate surface area is 52.2 Å². The molecule has 0 fully saturated rings. The Kier molecular flexibility index (Phi) is 0.745. The van der Waals surface area contributed by atoms with Crippen LogP contribution in [0.3, 0.4) is 0 Å². The van der Waals surface area contributed by atoms with E-state index in [1.807, 2.05) is 10.8 Å². The Morgan fingerprint density at radius 2 is 2.56 bits per heavy atom. The Hall–Kier alpha value is -1.45. The highest BCUT2D eigenvalue weighted by Crippen LogP contribution is 2.06. The van der Waals surface area contributed by atoms with Gasteiger partial charge in [-0.25, -0.2) is 4.98 Å². The summed E-state index contributed by atoms with van der Waals surface area (Å²) < 4.78 is 1.89. The zero-order chi connectivity index (χ0) is 6.10. The molecule has 1 aromatic rings. The van der Waals surface area contributed by atoms with Crippen LogP contribution in [-0.4, -0.2) is 9.55 Å². The van der Waals surface area contributed by atoms with Crippen molar-refractivity contribution in [3.8, 4) is 0 Å². The highest BCUT2D eigenvalue weighted by molar-refractivity contribution is 5.44. The minimum atomic E-state index is 0.956. The number of hydrogen-bond donors (Lipinski definition) is 2. The predicted octanol–water partition coefficient (Wildman–Crippen LogP) is 0.241. The predicted molar refractivity (Wildman–Crippen MR) is 34.3 cm³/mol. The van der Waals surface area contributed by atoms with Gasteiger partial charge < -0.3 is 5.43 Å². The molecule has 0 amide bonds. The fourth-order valence-corrected chi connectivity index (χ4v) is 0.753. The molecule has 2 heterocycles. The molecule has 2 rings (SSSR count). The van der Waals surface area contributed by atoms with E-state index in [-0.39, 0.29) is 0 Å². The molecule has 4 nitrogen and oxygen atoms in total.